The van der Waals surface area contributed by atoms with Crippen LogP contribution in [-0.2, 0) is 0 Å². The monoisotopic (exact) mass is 161 g/mol. The van der Waals surface area contributed by atoms with Gasteiger partial charge in [-0.2, -0.15) is 0 Å². The molecule has 2 heteroatoms. The summed E-state index contributed by atoms with van der Waals surface area (Å²) in [5.74, 6) is 0. The molecule has 0 saturated carbocycles. The van der Waals surface area contributed by atoms with E-state index >= 15 is 0 Å². The maximum absolute atomic E-state index is 7.57. The molecule has 0 aliphatic heterocycles. The molecule has 2 rings (SSSR count). The molecule has 0 atom stereocenters. The lowest BCUT2D eigenvalue weighted by atomic mass is 10.2. The van der Waals surface area contributed by atoms with Gasteiger partial charge in [-0.05, 0) is 17.5 Å². The molecule has 0 unspecified atom stereocenters. The first-order chi connectivity index (χ1) is 5.38. The summed E-state index contributed by atoms with van der Waals surface area (Å²) >= 11 is 1.67. The molecule has 1 aromatic carbocycles. The largest absolute Gasteiger partial charge is 0.300 e. The lowest BCUT2D eigenvalue weighted by molar-refractivity contribution is 1.32. The van der Waals surface area contributed by atoms with E-state index in [1.807, 2.05) is 35.7 Å². The highest BCUT2D eigenvalue weighted by atomic mass is 32.1. The summed E-state index contributed by atoms with van der Waals surface area (Å²) in [7, 11) is 0. The SMILES string of the molecule is N=c1ccsc2ccccc12. The highest BCUT2D eigenvalue weighted by molar-refractivity contribution is 7.16. The normalized spacial score (nSPS) is 10.2. The maximum atomic E-state index is 7.57. The van der Waals surface area contributed by atoms with Gasteiger partial charge >= 0.3 is 0 Å². The van der Waals surface area contributed by atoms with Crippen molar-refractivity contribution in [1.29, 1.82) is 5.41 Å². The maximum Gasteiger partial charge on any atom is 0.0634 e. The van der Waals surface area contributed by atoms with Gasteiger partial charge in [-0.25, -0.2) is 0 Å². The van der Waals surface area contributed by atoms with E-state index in [-0.39, 0.29) is 0 Å². The molecule has 0 radical (unpaired) electrons. The first kappa shape index (κ1) is 6.55. The van der Waals surface area contributed by atoms with Crippen molar-refractivity contribution in [2.45, 2.75) is 0 Å². The Morgan fingerprint density at radius 3 is 2.73 bits per heavy atom. The molecule has 2 aromatic rings. The topological polar surface area (TPSA) is 23.9 Å². The van der Waals surface area contributed by atoms with Crippen molar-refractivity contribution in [3.63, 3.8) is 0 Å². The van der Waals surface area contributed by atoms with Crippen molar-refractivity contribution in [3.05, 3.63) is 41.1 Å². The molecule has 0 aliphatic carbocycles. The minimum absolute atomic E-state index is 0.611. The van der Waals surface area contributed by atoms with Crippen LogP contribution in [0.4, 0.5) is 0 Å². The first-order valence-corrected chi connectivity index (χ1v) is 4.27. The van der Waals surface area contributed by atoms with Gasteiger partial charge < -0.3 is 5.41 Å². The summed E-state index contributed by atoms with van der Waals surface area (Å²) in [6.45, 7) is 0. The third kappa shape index (κ3) is 1.05. The fraction of sp³-hybridized carbons (Fsp3) is 0. The second-order valence-electron chi connectivity index (χ2n) is 2.33. The fourth-order valence-electron chi connectivity index (χ4n) is 1.06. The second kappa shape index (κ2) is 2.47. The summed E-state index contributed by atoms with van der Waals surface area (Å²) in [6, 6.07) is 9.81. The van der Waals surface area contributed by atoms with E-state index < -0.39 is 0 Å². The molecule has 0 aliphatic rings. The molecule has 0 fully saturated rings. The van der Waals surface area contributed by atoms with Crippen molar-refractivity contribution >= 4 is 21.4 Å². The van der Waals surface area contributed by atoms with E-state index in [9.17, 15) is 0 Å². The first-order valence-electron chi connectivity index (χ1n) is 3.39. The highest BCUT2D eigenvalue weighted by Gasteiger charge is 1.90. The Bertz CT molecular complexity index is 425. The molecule has 0 bridgehead atoms. The molecule has 1 aromatic heterocycles. The number of rotatable bonds is 0. The van der Waals surface area contributed by atoms with E-state index in [0.29, 0.717) is 5.36 Å². The number of hydrogen-bond acceptors (Lipinski definition) is 2. The van der Waals surface area contributed by atoms with Crippen molar-refractivity contribution in [3.8, 4) is 0 Å². The van der Waals surface area contributed by atoms with Crippen LogP contribution in [0.25, 0.3) is 10.1 Å². The van der Waals surface area contributed by atoms with E-state index in [1.54, 1.807) is 11.3 Å². The van der Waals surface area contributed by atoms with Crippen molar-refractivity contribution in [2.75, 3.05) is 0 Å². The third-order valence-corrected chi connectivity index (χ3v) is 2.49. The molecule has 11 heavy (non-hydrogen) atoms. The van der Waals surface area contributed by atoms with Crippen LogP contribution in [0.2, 0.25) is 0 Å². The minimum atomic E-state index is 0.611. The number of benzene rings is 1. The van der Waals surface area contributed by atoms with Gasteiger partial charge in [0.05, 0.1) is 5.36 Å². The van der Waals surface area contributed by atoms with Gasteiger partial charge in [0.25, 0.3) is 0 Å². The standard InChI is InChI=1S/C9H7NS/c10-8-5-6-11-9-4-2-1-3-7(8)9/h1-6,10H. The van der Waals surface area contributed by atoms with Crippen LogP contribution in [0.5, 0.6) is 0 Å². The molecule has 1 N–H and O–H groups in total. The Hall–Kier alpha value is -1.15. The summed E-state index contributed by atoms with van der Waals surface area (Å²) in [6.07, 6.45) is 0. The minimum Gasteiger partial charge on any atom is -0.300 e. The van der Waals surface area contributed by atoms with Crippen LogP contribution in [0, 0.1) is 5.41 Å². The Balaban J connectivity index is 3.03. The zero-order valence-electron chi connectivity index (χ0n) is 5.87. The van der Waals surface area contributed by atoms with Gasteiger partial charge in [0.2, 0.25) is 0 Å². The average Bonchev–Trinajstić information content (AvgIpc) is 2.06. The molecular formula is C9H7NS. The van der Waals surface area contributed by atoms with E-state index in [2.05, 4.69) is 0 Å². The third-order valence-electron chi connectivity index (χ3n) is 1.61. The number of fused-ring (bicyclic) bond motifs is 1. The van der Waals surface area contributed by atoms with Gasteiger partial charge in [-0.15, -0.1) is 11.3 Å². The number of nitrogens with one attached hydrogen (secondary N) is 1. The van der Waals surface area contributed by atoms with Gasteiger partial charge in [-0.1, -0.05) is 18.2 Å². The predicted molar refractivity (Wildman–Crippen MR) is 47.7 cm³/mol. The quantitative estimate of drug-likeness (QED) is 0.613. The van der Waals surface area contributed by atoms with Crippen molar-refractivity contribution in [1.82, 2.24) is 0 Å². The molecule has 0 spiro atoms. The zero-order valence-corrected chi connectivity index (χ0v) is 6.69. The average molecular weight is 161 g/mol. The van der Waals surface area contributed by atoms with E-state index in [0.717, 1.165) is 5.39 Å². The smallest absolute Gasteiger partial charge is 0.0634 e. The van der Waals surface area contributed by atoms with Crippen LogP contribution >= 0.6 is 11.3 Å². The zero-order chi connectivity index (χ0) is 7.68. The summed E-state index contributed by atoms with van der Waals surface area (Å²) in [5, 5.41) is 11.2. The van der Waals surface area contributed by atoms with Crippen LogP contribution in [0.15, 0.2) is 35.7 Å². The Kier molecular flexibility index (Phi) is 1.47. The van der Waals surface area contributed by atoms with Crippen LogP contribution in [-0.4, -0.2) is 0 Å². The van der Waals surface area contributed by atoms with E-state index in [4.69, 9.17) is 5.41 Å². The molecule has 1 nitrogen and oxygen atoms in total. The lowest BCUT2D eigenvalue weighted by Gasteiger charge is -1.92. The van der Waals surface area contributed by atoms with Crippen molar-refractivity contribution < 1.29 is 0 Å². The molecule has 0 saturated heterocycles. The molecule has 54 valence electrons. The fourth-order valence-corrected chi connectivity index (χ4v) is 1.87. The van der Waals surface area contributed by atoms with Gasteiger partial charge in [0.15, 0.2) is 0 Å². The number of hydrogen-bond donors (Lipinski definition) is 1. The van der Waals surface area contributed by atoms with Gasteiger partial charge in [0, 0.05) is 10.1 Å². The predicted octanol–water partition coefficient (Wildman–Crippen LogP) is 2.38. The summed E-state index contributed by atoms with van der Waals surface area (Å²) < 4.78 is 1.18. The van der Waals surface area contributed by atoms with Crippen LogP contribution in [0.1, 0.15) is 0 Å². The molecule has 1 heterocycles. The Labute approximate surface area is 68.4 Å². The second-order valence-corrected chi connectivity index (χ2v) is 3.28. The summed E-state index contributed by atoms with van der Waals surface area (Å²) in [4.78, 5) is 0. The molecular weight excluding hydrogens is 154 g/mol. The lowest BCUT2D eigenvalue weighted by Crippen LogP contribution is -1.95. The van der Waals surface area contributed by atoms with Crippen LogP contribution in [0.3, 0.4) is 0 Å². The van der Waals surface area contributed by atoms with E-state index in [1.165, 1.54) is 4.70 Å². The molecule has 0 amide bonds. The Morgan fingerprint density at radius 2 is 1.91 bits per heavy atom. The summed E-state index contributed by atoms with van der Waals surface area (Å²) in [5.41, 5.74) is 0. The van der Waals surface area contributed by atoms with Crippen LogP contribution < -0.4 is 5.36 Å². The van der Waals surface area contributed by atoms with Gasteiger partial charge in [0.1, 0.15) is 0 Å². The Morgan fingerprint density at radius 1 is 1.09 bits per heavy atom. The highest BCUT2D eigenvalue weighted by Crippen LogP contribution is 2.12. The van der Waals surface area contributed by atoms with Crippen molar-refractivity contribution in [2.24, 2.45) is 0 Å². The van der Waals surface area contributed by atoms with Gasteiger partial charge in [-0.3, -0.25) is 0 Å².